The van der Waals surface area contributed by atoms with Crippen LogP contribution in [0.5, 0.6) is 0 Å². The van der Waals surface area contributed by atoms with Gasteiger partial charge in [-0.3, -0.25) is 4.79 Å². The molecular formula is C15H25N3O2. The van der Waals surface area contributed by atoms with Gasteiger partial charge in [-0.1, -0.05) is 13.8 Å². The van der Waals surface area contributed by atoms with Crippen LogP contribution < -0.4 is 5.32 Å². The molecule has 0 fully saturated rings. The summed E-state index contributed by atoms with van der Waals surface area (Å²) < 4.78 is 0. The number of nitrogens with zero attached hydrogens (tertiary/aromatic N) is 2. The average Bonchev–Trinajstić information content (AvgIpc) is 2.44. The lowest BCUT2D eigenvalue weighted by molar-refractivity contribution is 0.0682. The molecule has 0 spiro atoms. The SMILES string of the molecule is CCNc1cc(C(=O)N(C)C(C)CO)cc(C(C)C)n1. The van der Waals surface area contributed by atoms with Gasteiger partial charge in [-0.05, 0) is 31.9 Å². The van der Waals surface area contributed by atoms with Crippen molar-refractivity contribution in [2.75, 3.05) is 25.5 Å². The monoisotopic (exact) mass is 279 g/mol. The van der Waals surface area contributed by atoms with Crippen molar-refractivity contribution in [2.45, 2.75) is 39.7 Å². The second-order valence-electron chi connectivity index (χ2n) is 5.30. The first-order valence-corrected chi connectivity index (χ1v) is 7.04. The number of carbonyl (C=O) groups is 1. The van der Waals surface area contributed by atoms with Gasteiger partial charge in [0.2, 0.25) is 0 Å². The smallest absolute Gasteiger partial charge is 0.254 e. The van der Waals surface area contributed by atoms with E-state index < -0.39 is 0 Å². The normalized spacial score (nSPS) is 12.3. The summed E-state index contributed by atoms with van der Waals surface area (Å²) in [6.07, 6.45) is 0. The van der Waals surface area contributed by atoms with Crippen LogP contribution in [0.15, 0.2) is 12.1 Å². The number of rotatable bonds is 6. The minimum atomic E-state index is -0.208. The number of likely N-dealkylation sites (N-methyl/N-ethyl adjacent to an activating group) is 1. The summed E-state index contributed by atoms with van der Waals surface area (Å²) >= 11 is 0. The standard InChI is InChI=1S/C15H25N3O2/c1-6-16-14-8-12(7-13(17-14)10(2)3)15(20)18(5)11(4)9-19/h7-8,10-11,19H,6,9H2,1-5H3,(H,16,17). The van der Waals surface area contributed by atoms with Crippen LogP contribution in [-0.4, -0.2) is 47.1 Å². The Bertz CT molecular complexity index is 460. The van der Waals surface area contributed by atoms with Crippen LogP contribution in [0.4, 0.5) is 5.82 Å². The van der Waals surface area contributed by atoms with Gasteiger partial charge in [0.25, 0.3) is 5.91 Å². The van der Waals surface area contributed by atoms with Crippen molar-refractivity contribution in [2.24, 2.45) is 0 Å². The van der Waals surface area contributed by atoms with Crippen molar-refractivity contribution in [3.05, 3.63) is 23.4 Å². The van der Waals surface area contributed by atoms with Crippen molar-refractivity contribution >= 4 is 11.7 Å². The average molecular weight is 279 g/mol. The number of amides is 1. The summed E-state index contributed by atoms with van der Waals surface area (Å²) in [6.45, 7) is 8.60. The molecule has 1 aromatic rings. The van der Waals surface area contributed by atoms with E-state index in [1.165, 1.54) is 0 Å². The van der Waals surface area contributed by atoms with Crippen molar-refractivity contribution in [3.8, 4) is 0 Å². The number of aliphatic hydroxyl groups is 1. The molecule has 5 heteroatoms. The zero-order valence-corrected chi connectivity index (χ0v) is 13.0. The van der Waals surface area contributed by atoms with Gasteiger partial charge in [-0.15, -0.1) is 0 Å². The first-order chi connectivity index (χ1) is 9.40. The van der Waals surface area contributed by atoms with Crippen LogP contribution >= 0.6 is 0 Å². The van der Waals surface area contributed by atoms with Gasteiger partial charge in [-0.2, -0.15) is 0 Å². The predicted molar refractivity (Wildman–Crippen MR) is 81.1 cm³/mol. The number of nitrogens with one attached hydrogen (secondary N) is 1. The number of carbonyl (C=O) groups excluding carboxylic acids is 1. The number of aromatic nitrogens is 1. The second kappa shape index (κ2) is 7.24. The molecule has 0 bridgehead atoms. The van der Waals surface area contributed by atoms with E-state index in [2.05, 4.69) is 10.3 Å². The third-order valence-electron chi connectivity index (χ3n) is 3.29. The molecule has 112 valence electrons. The largest absolute Gasteiger partial charge is 0.394 e. The molecule has 0 aliphatic carbocycles. The van der Waals surface area contributed by atoms with E-state index in [-0.39, 0.29) is 24.5 Å². The lowest BCUT2D eigenvalue weighted by atomic mass is 10.1. The van der Waals surface area contributed by atoms with Gasteiger partial charge >= 0.3 is 0 Å². The number of hydrogen-bond donors (Lipinski definition) is 2. The molecule has 0 aliphatic rings. The fourth-order valence-corrected chi connectivity index (χ4v) is 1.77. The maximum atomic E-state index is 12.4. The molecule has 0 saturated carbocycles. The molecule has 5 nitrogen and oxygen atoms in total. The lowest BCUT2D eigenvalue weighted by Crippen LogP contribution is -2.37. The summed E-state index contributed by atoms with van der Waals surface area (Å²) in [7, 11) is 1.70. The Morgan fingerprint density at radius 1 is 1.40 bits per heavy atom. The van der Waals surface area contributed by atoms with Crippen LogP contribution in [0.2, 0.25) is 0 Å². The second-order valence-corrected chi connectivity index (χ2v) is 5.30. The topological polar surface area (TPSA) is 65.5 Å². The molecule has 2 N–H and O–H groups in total. The summed E-state index contributed by atoms with van der Waals surface area (Å²) in [5, 5.41) is 12.3. The maximum Gasteiger partial charge on any atom is 0.254 e. The van der Waals surface area contributed by atoms with E-state index in [9.17, 15) is 4.79 Å². The van der Waals surface area contributed by atoms with Gasteiger partial charge in [0, 0.05) is 24.8 Å². The number of aliphatic hydroxyl groups excluding tert-OH is 1. The van der Waals surface area contributed by atoms with Crippen LogP contribution in [-0.2, 0) is 0 Å². The minimum absolute atomic E-state index is 0.0512. The van der Waals surface area contributed by atoms with E-state index >= 15 is 0 Å². The van der Waals surface area contributed by atoms with E-state index in [0.717, 1.165) is 12.2 Å². The van der Waals surface area contributed by atoms with Gasteiger partial charge in [0.1, 0.15) is 5.82 Å². The van der Waals surface area contributed by atoms with Crippen LogP contribution in [0, 0.1) is 0 Å². The quantitative estimate of drug-likeness (QED) is 0.837. The van der Waals surface area contributed by atoms with Crippen molar-refractivity contribution < 1.29 is 9.90 Å². The highest BCUT2D eigenvalue weighted by Gasteiger charge is 2.19. The first kappa shape index (κ1) is 16.4. The fourth-order valence-electron chi connectivity index (χ4n) is 1.77. The highest BCUT2D eigenvalue weighted by Crippen LogP contribution is 2.19. The molecule has 1 aromatic heterocycles. The zero-order chi connectivity index (χ0) is 15.3. The molecule has 0 aromatic carbocycles. The van der Waals surface area contributed by atoms with Crippen molar-refractivity contribution in [1.82, 2.24) is 9.88 Å². The summed E-state index contributed by atoms with van der Waals surface area (Å²) in [4.78, 5) is 18.5. The Kier molecular flexibility index (Phi) is 5.95. The molecule has 1 heterocycles. The van der Waals surface area contributed by atoms with Crippen molar-refractivity contribution in [1.29, 1.82) is 0 Å². The molecule has 1 unspecified atom stereocenters. The molecule has 1 rings (SSSR count). The Balaban J connectivity index is 3.12. The summed E-state index contributed by atoms with van der Waals surface area (Å²) in [6, 6.07) is 3.38. The number of pyridine rings is 1. The molecule has 0 saturated heterocycles. The number of anilines is 1. The molecule has 20 heavy (non-hydrogen) atoms. The molecular weight excluding hydrogens is 254 g/mol. The Morgan fingerprint density at radius 2 is 2.05 bits per heavy atom. The lowest BCUT2D eigenvalue weighted by Gasteiger charge is -2.24. The third kappa shape index (κ3) is 3.93. The van der Waals surface area contributed by atoms with E-state index in [1.54, 1.807) is 18.0 Å². The van der Waals surface area contributed by atoms with Gasteiger partial charge in [-0.25, -0.2) is 4.98 Å². The maximum absolute atomic E-state index is 12.4. The van der Waals surface area contributed by atoms with Gasteiger partial charge in [0.05, 0.1) is 12.6 Å². The van der Waals surface area contributed by atoms with E-state index in [4.69, 9.17) is 5.11 Å². The zero-order valence-electron chi connectivity index (χ0n) is 13.0. The fraction of sp³-hybridized carbons (Fsp3) is 0.600. The Labute approximate surface area is 121 Å². The van der Waals surface area contributed by atoms with Crippen LogP contribution in [0.3, 0.4) is 0 Å². The Hall–Kier alpha value is -1.62. The Morgan fingerprint density at radius 3 is 2.55 bits per heavy atom. The van der Waals surface area contributed by atoms with E-state index in [0.29, 0.717) is 11.4 Å². The molecule has 1 atom stereocenters. The number of hydrogen-bond acceptors (Lipinski definition) is 4. The summed E-state index contributed by atoms with van der Waals surface area (Å²) in [5.41, 5.74) is 1.49. The third-order valence-corrected chi connectivity index (χ3v) is 3.29. The van der Waals surface area contributed by atoms with Crippen molar-refractivity contribution in [3.63, 3.8) is 0 Å². The first-order valence-electron chi connectivity index (χ1n) is 7.04. The molecule has 1 amide bonds. The van der Waals surface area contributed by atoms with Gasteiger partial charge in [0.15, 0.2) is 0 Å². The highest BCUT2D eigenvalue weighted by molar-refractivity contribution is 5.95. The van der Waals surface area contributed by atoms with Crippen LogP contribution in [0.1, 0.15) is 49.7 Å². The van der Waals surface area contributed by atoms with Gasteiger partial charge < -0.3 is 15.3 Å². The van der Waals surface area contributed by atoms with E-state index in [1.807, 2.05) is 33.8 Å². The molecule has 0 radical (unpaired) electrons. The molecule has 0 aliphatic heterocycles. The highest BCUT2D eigenvalue weighted by atomic mass is 16.3. The van der Waals surface area contributed by atoms with Crippen LogP contribution in [0.25, 0.3) is 0 Å². The predicted octanol–water partition coefficient (Wildman–Crippen LogP) is 2.09. The minimum Gasteiger partial charge on any atom is -0.394 e. The summed E-state index contributed by atoms with van der Waals surface area (Å²) in [5.74, 6) is 0.864.